The molecule has 0 atom stereocenters. The highest BCUT2D eigenvalue weighted by molar-refractivity contribution is 6.01. The molecule has 0 aliphatic heterocycles. The minimum Gasteiger partial charge on any atom is -0.462 e. The fourth-order valence-corrected chi connectivity index (χ4v) is 1.39. The van der Waals surface area contributed by atoms with Gasteiger partial charge in [0.15, 0.2) is 0 Å². The first-order valence-corrected chi connectivity index (χ1v) is 5.14. The summed E-state index contributed by atoms with van der Waals surface area (Å²) in [7, 11) is 0. The number of allylic oxidation sites excluding steroid dienone is 1. The first kappa shape index (κ1) is 12.9. The highest BCUT2D eigenvalue weighted by Crippen LogP contribution is 2.21. The zero-order valence-corrected chi connectivity index (χ0v) is 9.66. The Morgan fingerprint density at radius 1 is 1.47 bits per heavy atom. The van der Waals surface area contributed by atoms with Crippen molar-refractivity contribution in [3.63, 3.8) is 0 Å². The van der Waals surface area contributed by atoms with Crippen LogP contribution < -0.4 is 0 Å². The average Bonchev–Trinajstić information content (AvgIpc) is 2.30. The molecule has 1 aromatic rings. The maximum Gasteiger partial charge on any atom is 0.349 e. The van der Waals surface area contributed by atoms with Gasteiger partial charge in [0, 0.05) is 5.56 Å². The second-order valence-corrected chi connectivity index (χ2v) is 3.31. The van der Waals surface area contributed by atoms with E-state index >= 15 is 0 Å². The van der Waals surface area contributed by atoms with Gasteiger partial charge in [0.05, 0.1) is 6.61 Å². The van der Waals surface area contributed by atoms with Crippen LogP contribution in [0, 0.1) is 17.1 Å². The van der Waals surface area contributed by atoms with Crippen LogP contribution in [0.1, 0.15) is 19.4 Å². The molecule has 0 bridgehead atoms. The molecule has 3 nitrogen and oxygen atoms in total. The minimum absolute atomic E-state index is 0.169. The summed E-state index contributed by atoms with van der Waals surface area (Å²) in [5.74, 6) is -1.20. The molecule has 0 heterocycles. The Balaban J connectivity index is 3.24. The number of hydrogen-bond donors (Lipinski definition) is 0. The van der Waals surface area contributed by atoms with Gasteiger partial charge in [0.25, 0.3) is 0 Å². The standard InChI is InChI=1S/C13H12FNO2/c1-3-17-13(16)11(8-15)9(2)10-6-4-5-7-12(10)14/h4-7H,3H2,1-2H3. The van der Waals surface area contributed by atoms with Gasteiger partial charge in [-0.05, 0) is 25.5 Å². The predicted octanol–water partition coefficient (Wildman–Crippen LogP) is 2.69. The Morgan fingerprint density at radius 3 is 2.65 bits per heavy atom. The number of carbonyl (C=O) groups excluding carboxylic acids is 1. The Hall–Kier alpha value is -2.15. The SMILES string of the molecule is CCOC(=O)C(C#N)=C(C)c1ccccc1F. The lowest BCUT2D eigenvalue weighted by Gasteiger charge is -2.06. The number of rotatable bonds is 3. The molecule has 17 heavy (non-hydrogen) atoms. The number of benzene rings is 1. The molecule has 4 heteroatoms. The zero-order chi connectivity index (χ0) is 12.8. The summed E-state index contributed by atoms with van der Waals surface area (Å²) in [4.78, 5) is 11.5. The second-order valence-electron chi connectivity index (χ2n) is 3.31. The van der Waals surface area contributed by atoms with Crippen molar-refractivity contribution < 1.29 is 13.9 Å². The quantitative estimate of drug-likeness (QED) is 0.458. The fourth-order valence-electron chi connectivity index (χ4n) is 1.39. The number of ether oxygens (including phenoxy) is 1. The van der Waals surface area contributed by atoms with Crippen LogP contribution in [0.3, 0.4) is 0 Å². The third-order valence-electron chi connectivity index (χ3n) is 2.24. The zero-order valence-electron chi connectivity index (χ0n) is 9.66. The molecule has 0 amide bonds. The van der Waals surface area contributed by atoms with E-state index < -0.39 is 11.8 Å². The number of carbonyl (C=O) groups is 1. The third kappa shape index (κ3) is 2.91. The van der Waals surface area contributed by atoms with Crippen LogP contribution in [-0.2, 0) is 9.53 Å². The monoisotopic (exact) mass is 233 g/mol. The minimum atomic E-state index is -0.726. The smallest absolute Gasteiger partial charge is 0.349 e. The number of nitriles is 1. The lowest BCUT2D eigenvalue weighted by molar-refractivity contribution is -0.137. The molecule has 0 aliphatic carbocycles. The van der Waals surface area contributed by atoms with E-state index in [0.717, 1.165) is 0 Å². The van der Waals surface area contributed by atoms with E-state index in [1.807, 2.05) is 0 Å². The van der Waals surface area contributed by atoms with Gasteiger partial charge in [0.1, 0.15) is 17.5 Å². The molecule has 0 aliphatic rings. The van der Waals surface area contributed by atoms with Gasteiger partial charge in [0.2, 0.25) is 0 Å². The van der Waals surface area contributed by atoms with E-state index in [1.165, 1.54) is 19.1 Å². The summed E-state index contributed by atoms with van der Waals surface area (Å²) >= 11 is 0. The summed E-state index contributed by atoms with van der Waals surface area (Å²) < 4.78 is 18.2. The molecular formula is C13H12FNO2. The van der Waals surface area contributed by atoms with Crippen LogP contribution in [-0.4, -0.2) is 12.6 Å². The van der Waals surface area contributed by atoms with Crippen molar-refractivity contribution in [2.45, 2.75) is 13.8 Å². The number of nitrogens with zero attached hydrogens (tertiary/aromatic N) is 1. The number of esters is 1. The molecule has 0 spiro atoms. The Morgan fingerprint density at radius 2 is 2.12 bits per heavy atom. The Labute approximate surface area is 99.1 Å². The van der Waals surface area contributed by atoms with Crippen LogP contribution in [0.5, 0.6) is 0 Å². The summed E-state index contributed by atoms with van der Waals surface area (Å²) in [6, 6.07) is 7.73. The fraction of sp³-hybridized carbons (Fsp3) is 0.231. The Kier molecular flexibility index (Phi) is 4.41. The summed E-state index contributed by atoms with van der Waals surface area (Å²) in [5, 5.41) is 8.91. The van der Waals surface area contributed by atoms with Gasteiger partial charge >= 0.3 is 5.97 Å². The highest BCUT2D eigenvalue weighted by atomic mass is 19.1. The molecule has 0 saturated carbocycles. The van der Waals surface area contributed by atoms with E-state index in [9.17, 15) is 9.18 Å². The summed E-state index contributed by atoms with van der Waals surface area (Å²) in [5.41, 5.74) is 0.345. The van der Waals surface area contributed by atoms with Gasteiger partial charge in [-0.2, -0.15) is 5.26 Å². The average molecular weight is 233 g/mol. The molecule has 0 N–H and O–H groups in total. The normalized spacial score (nSPS) is 11.4. The second kappa shape index (κ2) is 5.80. The van der Waals surface area contributed by atoms with Gasteiger partial charge in [-0.1, -0.05) is 18.2 Å². The molecule has 0 aromatic heterocycles. The summed E-state index contributed by atoms with van der Waals surface area (Å²) in [6.07, 6.45) is 0. The first-order chi connectivity index (χ1) is 8.11. The van der Waals surface area contributed by atoms with Gasteiger partial charge in [-0.3, -0.25) is 0 Å². The number of halogens is 1. The summed E-state index contributed by atoms with van der Waals surface area (Å²) in [6.45, 7) is 3.34. The van der Waals surface area contributed by atoms with Crippen molar-refractivity contribution in [2.24, 2.45) is 0 Å². The maximum absolute atomic E-state index is 13.5. The van der Waals surface area contributed by atoms with Crippen molar-refractivity contribution in [3.8, 4) is 6.07 Å². The van der Waals surface area contributed by atoms with E-state index in [-0.39, 0.29) is 23.3 Å². The lowest BCUT2D eigenvalue weighted by Crippen LogP contribution is -2.08. The largest absolute Gasteiger partial charge is 0.462 e. The molecule has 1 rings (SSSR count). The van der Waals surface area contributed by atoms with E-state index in [2.05, 4.69) is 0 Å². The van der Waals surface area contributed by atoms with Crippen molar-refractivity contribution >= 4 is 11.5 Å². The van der Waals surface area contributed by atoms with Crippen molar-refractivity contribution in [1.29, 1.82) is 5.26 Å². The lowest BCUT2D eigenvalue weighted by atomic mass is 10.0. The molecule has 1 aromatic carbocycles. The maximum atomic E-state index is 13.5. The van der Waals surface area contributed by atoms with Gasteiger partial charge < -0.3 is 4.74 Å². The topological polar surface area (TPSA) is 50.1 Å². The first-order valence-electron chi connectivity index (χ1n) is 5.14. The molecule has 0 saturated heterocycles. The van der Waals surface area contributed by atoms with Crippen LogP contribution in [0.25, 0.3) is 5.57 Å². The van der Waals surface area contributed by atoms with Crippen molar-refractivity contribution in [2.75, 3.05) is 6.61 Å². The van der Waals surface area contributed by atoms with Crippen LogP contribution in [0.15, 0.2) is 29.8 Å². The van der Waals surface area contributed by atoms with Crippen LogP contribution in [0.2, 0.25) is 0 Å². The van der Waals surface area contributed by atoms with Crippen molar-refractivity contribution in [3.05, 3.63) is 41.2 Å². The molecule has 88 valence electrons. The van der Waals surface area contributed by atoms with Crippen LogP contribution in [0.4, 0.5) is 4.39 Å². The van der Waals surface area contributed by atoms with E-state index in [0.29, 0.717) is 0 Å². The third-order valence-corrected chi connectivity index (χ3v) is 2.24. The van der Waals surface area contributed by atoms with Crippen molar-refractivity contribution in [1.82, 2.24) is 0 Å². The predicted molar refractivity (Wildman–Crippen MR) is 61.2 cm³/mol. The van der Waals surface area contributed by atoms with Gasteiger partial charge in [-0.25, -0.2) is 9.18 Å². The molecule has 0 radical (unpaired) electrons. The Bertz CT molecular complexity index is 500. The number of hydrogen-bond acceptors (Lipinski definition) is 3. The van der Waals surface area contributed by atoms with E-state index in [1.54, 1.807) is 25.1 Å². The van der Waals surface area contributed by atoms with Gasteiger partial charge in [-0.15, -0.1) is 0 Å². The highest BCUT2D eigenvalue weighted by Gasteiger charge is 2.16. The van der Waals surface area contributed by atoms with E-state index in [4.69, 9.17) is 10.00 Å². The van der Waals surface area contributed by atoms with Crippen LogP contribution >= 0.6 is 0 Å². The molecule has 0 unspecified atom stereocenters. The molecular weight excluding hydrogens is 221 g/mol. The molecule has 0 fully saturated rings.